The number of benzene rings is 11. The number of aromatic nitrogens is 11. The summed E-state index contributed by atoms with van der Waals surface area (Å²) in [6, 6.07) is 112. The van der Waals surface area contributed by atoms with Gasteiger partial charge in [0.1, 0.15) is 0 Å². The van der Waals surface area contributed by atoms with Crippen molar-refractivity contribution >= 4 is 131 Å². The molecule has 0 aliphatic heterocycles. The Morgan fingerprint density at radius 3 is 0.784 bits per heavy atom. The van der Waals surface area contributed by atoms with E-state index in [0.29, 0.717) is 0 Å². The van der Waals surface area contributed by atoms with E-state index in [1.165, 1.54) is 0 Å². The van der Waals surface area contributed by atoms with Crippen LogP contribution in [0.25, 0.3) is 199 Å². The fourth-order valence-electron chi connectivity index (χ4n) is 16.6. The van der Waals surface area contributed by atoms with Gasteiger partial charge in [-0.25, -0.2) is 4.98 Å². The van der Waals surface area contributed by atoms with Crippen molar-refractivity contribution in [1.82, 2.24) is 52.3 Å². The van der Waals surface area contributed by atoms with Crippen molar-refractivity contribution in [1.29, 1.82) is 0 Å². The van der Waals surface area contributed by atoms with Crippen LogP contribution in [0.1, 0.15) is 0 Å². The highest BCUT2D eigenvalue weighted by molar-refractivity contribution is 6.16. The highest BCUT2D eigenvalue weighted by atomic mass is 15.1. The summed E-state index contributed by atoms with van der Waals surface area (Å²) in [5.41, 5.74) is 28.6. The van der Waals surface area contributed by atoms with Gasteiger partial charge in [0.15, 0.2) is 0 Å². The zero-order valence-electron chi connectivity index (χ0n) is 54.7. The van der Waals surface area contributed by atoms with Crippen LogP contribution in [0, 0.1) is 0 Å². The Morgan fingerprint density at radius 1 is 0.167 bits per heavy atom. The molecule has 11 aromatic heterocycles. The minimum atomic E-state index is 0.842. The van der Waals surface area contributed by atoms with Gasteiger partial charge in [-0.15, -0.1) is 0 Å². The average Bonchev–Trinajstić information content (AvgIpc) is 1.56. The molecule has 0 saturated heterocycles. The summed E-state index contributed by atoms with van der Waals surface area (Å²) in [4.78, 5) is 25.6. The van der Waals surface area contributed by atoms with E-state index in [1.54, 1.807) is 0 Å². The standard InChI is InChI=1S/C91H55N11/c1-3-19-56(20-4-1)58-49-74(57-21-5-2-6-22-57)96-75(50-58)59-47-64(101-80-39-35-60(97-76-27-11-7-23-66(76)88-84(97)31-15-43-92-88)52-70(80)71-53-61(36-40-81(71)101)98-77-28-12-8-24-67(77)89-85(98)32-16-44-93-89)51-65(48-59)102-82-41-37-62(99-78-29-13-9-25-68(78)90-86(99)33-17-45-94-90)54-72(82)73-55-63(38-42-83(73)102)100-79-30-14-10-26-69(79)91-87(100)34-18-46-95-91/h1-55H. The maximum atomic E-state index is 5.70. The summed E-state index contributed by atoms with van der Waals surface area (Å²) in [5.74, 6) is 0. The first-order valence-corrected chi connectivity index (χ1v) is 34.4. The van der Waals surface area contributed by atoms with Crippen molar-refractivity contribution in [3.63, 3.8) is 0 Å². The molecule has 0 spiro atoms. The number of nitrogens with zero attached hydrogens (tertiary/aromatic N) is 11. The molecule has 474 valence electrons. The number of hydrogen-bond acceptors (Lipinski definition) is 5. The molecule has 0 atom stereocenters. The van der Waals surface area contributed by atoms with Crippen molar-refractivity contribution in [3.8, 4) is 67.8 Å². The van der Waals surface area contributed by atoms with Gasteiger partial charge in [-0.05, 0) is 187 Å². The Labute approximate surface area is 582 Å². The zero-order valence-corrected chi connectivity index (χ0v) is 54.7. The van der Waals surface area contributed by atoms with Crippen LogP contribution in [0.3, 0.4) is 0 Å². The first-order chi connectivity index (χ1) is 50.6. The number of para-hydroxylation sites is 4. The quantitative estimate of drug-likeness (QED) is 0.144. The Morgan fingerprint density at radius 2 is 0.441 bits per heavy atom. The smallest absolute Gasteiger partial charge is 0.0963 e. The minimum absolute atomic E-state index is 0.842. The third kappa shape index (κ3) is 8.27. The van der Waals surface area contributed by atoms with Gasteiger partial charge in [0.05, 0.1) is 99.7 Å². The molecule has 11 heteroatoms. The molecule has 0 fully saturated rings. The van der Waals surface area contributed by atoms with E-state index in [-0.39, 0.29) is 0 Å². The molecule has 22 rings (SSSR count). The SMILES string of the molecule is c1ccc(-c2cc(-c3ccccc3)nc(-c3cc(-n4c5ccc(-n6c7ccccc7c7ncccc76)cc5c5cc(-n6c7ccccc7c7ncccc76)ccc54)cc(-n4c5ccc(-n6c7ccccc7c7ncccc76)cc5c5cc(-n6c7ccccc7c7ncccc76)ccc54)c3)c2)cc1. The Balaban J connectivity index is 0.850. The van der Waals surface area contributed by atoms with Gasteiger partial charge in [0.25, 0.3) is 0 Å². The summed E-state index contributed by atoms with van der Waals surface area (Å²) < 4.78 is 14.4. The Bertz CT molecular complexity index is 6290. The first kappa shape index (κ1) is 56.0. The van der Waals surface area contributed by atoms with E-state index in [2.05, 4.69) is 313 Å². The summed E-state index contributed by atoms with van der Waals surface area (Å²) in [5, 5.41) is 8.80. The van der Waals surface area contributed by atoms with Crippen LogP contribution in [0.5, 0.6) is 0 Å². The highest BCUT2D eigenvalue weighted by Crippen LogP contribution is 2.45. The predicted octanol–water partition coefficient (Wildman–Crippen LogP) is 22.2. The molecule has 0 saturated carbocycles. The van der Waals surface area contributed by atoms with Gasteiger partial charge >= 0.3 is 0 Å². The number of fused-ring (bicyclic) bond motifs is 18. The lowest BCUT2D eigenvalue weighted by molar-refractivity contribution is 1.12. The highest BCUT2D eigenvalue weighted by Gasteiger charge is 2.25. The largest absolute Gasteiger partial charge is 0.309 e. The van der Waals surface area contributed by atoms with E-state index < -0.39 is 0 Å². The second-order valence-electron chi connectivity index (χ2n) is 26.5. The van der Waals surface area contributed by atoms with E-state index >= 15 is 0 Å². The predicted molar refractivity (Wildman–Crippen MR) is 418 cm³/mol. The first-order valence-electron chi connectivity index (χ1n) is 34.4. The number of rotatable bonds is 9. The van der Waals surface area contributed by atoms with Crippen LogP contribution in [0.2, 0.25) is 0 Å². The maximum absolute atomic E-state index is 5.70. The summed E-state index contributed by atoms with van der Waals surface area (Å²) >= 11 is 0. The van der Waals surface area contributed by atoms with E-state index in [9.17, 15) is 0 Å². The average molecular weight is 1300 g/mol. The van der Waals surface area contributed by atoms with E-state index in [1.807, 2.05) is 49.1 Å². The molecule has 0 radical (unpaired) electrons. The second-order valence-corrected chi connectivity index (χ2v) is 26.5. The number of pyridine rings is 5. The van der Waals surface area contributed by atoms with Gasteiger partial charge in [-0.1, -0.05) is 133 Å². The van der Waals surface area contributed by atoms with Crippen molar-refractivity contribution in [2.45, 2.75) is 0 Å². The van der Waals surface area contributed by atoms with Gasteiger partial charge in [0, 0.05) is 113 Å². The molecule has 0 amide bonds. The van der Waals surface area contributed by atoms with Gasteiger partial charge in [-0.3, -0.25) is 19.9 Å². The van der Waals surface area contributed by atoms with Gasteiger partial charge in [0.2, 0.25) is 0 Å². The van der Waals surface area contributed by atoms with Crippen LogP contribution in [0.15, 0.2) is 334 Å². The maximum Gasteiger partial charge on any atom is 0.0963 e. The molecule has 0 bridgehead atoms. The van der Waals surface area contributed by atoms with Crippen molar-refractivity contribution in [2.24, 2.45) is 0 Å². The Kier molecular flexibility index (Phi) is 11.9. The lowest BCUT2D eigenvalue weighted by atomic mass is 9.99. The molecule has 11 heterocycles. The molecule has 0 unspecified atom stereocenters. The van der Waals surface area contributed by atoms with Gasteiger partial charge < -0.3 is 27.4 Å². The van der Waals surface area contributed by atoms with Crippen LogP contribution < -0.4 is 0 Å². The minimum Gasteiger partial charge on any atom is -0.309 e. The third-order valence-electron chi connectivity index (χ3n) is 20.9. The summed E-state index contributed by atoms with van der Waals surface area (Å²) in [7, 11) is 0. The molecule has 102 heavy (non-hydrogen) atoms. The Hall–Kier alpha value is -14.0. The molecule has 11 nitrogen and oxygen atoms in total. The third-order valence-corrected chi connectivity index (χ3v) is 20.9. The molecule has 0 aliphatic carbocycles. The fourth-order valence-corrected chi connectivity index (χ4v) is 16.6. The van der Waals surface area contributed by atoms with Crippen molar-refractivity contribution in [2.75, 3.05) is 0 Å². The molecule has 11 aromatic carbocycles. The molecule has 0 aliphatic rings. The van der Waals surface area contributed by atoms with Crippen LogP contribution >= 0.6 is 0 Å². The monoisotopic (exact) mass is 1300 g/mol. The van der Waals surface area contributed by atoms with E-state index in [4.69, 9.17) is 24.9 Å². The van der Waals surface area contributed by atoms with Gasteiger partial charge in [-0.2, -0.15) is 0 Å². The van der Waals surface area contributed by atoms with Crippen molar-refractivity contribution < 1.29 is 0 Å². The number of hydrogen-bond donors (Lipinski definition) is 0. The van der Waals surface area contributed by atoms with E-state index in [0.717, 1.165) is 199 Å². The second kappa shape index (κ2) is 21.7. The van der Waals surface area contributed by atoms with Crippen LogP contribution in [-0.4, -0.2) is 52.3 Å². The summed E-state index contributed by atoms with van der Waals surface area (Å²) in [6.45, 7) is 0. The summed E-state index contributed by atoms with van der Waals surface area (Å²) in [6.07, 6.45) is 7.57. The molecule has 22 aromatic rings. The normalized spacial score (nSPS) is 12.1. The molecule has 0 N–H and O–H groups in total. The lowest BCUT2D eigenvalue weighted by Gasteiger charge is -2.17. The lowest BCUT2D eigenvalue weighted by Crippen LogP contribution is -2.02. The zero-order chi connectivity index (χ0) is 66.7. The van der Waals surface area contributed by atoms with Crippen LogP contribution in [0.4, 0.5) is 0 Å². The fraction of sp³-hybridized carbons (Fsp3) is 0. The van der Waals surface area contributed by atoms with Crippen LogP contribution in [-0.2, 0) is 0 Å². The molecular formula is C91H55N11. The molecular weight excluding hydrogens is 1250 g/mol. The topological polar surface area (TPSA) is 94.0 Å². The van der Waals surface area contributed by atoms with Crippen molar-refractivity contribution in [3.05, 3.63) is 334 Å².